The van der Waals surface area contributed by atoms with Gasteiger partial charge < -0.3 is 20.1 Å². The third-order valence-corrected chi connectivity index (χ3v) is 14.5. The lowest BCUT2D eigenvalue weighted by atomic mass is 10.0. The zero-order valence-electron chi connectivity index (χ0n) is 54.7. The second-order valence-corrected chi connectivity index (χ2v) is 23.0. The Hall–Kier alpha value is -5.15. The fourth-order valence-electron chi connectivity index (χ4n) is 8.55. The summed E-state index contributed by atoms with van der Waals surface area (Å²) in [5.74, 6) is -0.866. The maximum Gasteiger partial charge on any atom is 0.472 e. The average Bonchev–Trinajstić information content (AvgIpc) is 3.64. The van der Waals surface area contributed by atoms with Gasteiger partial charge in [0.1, 0.15) is 6.61 Å². The first kappa shape index (κ1) is 81.8. The molecular formula is C77H122NO8P. The molecule has 0 aromatic heterocycles. The summed E-state index contributed by atoms with van der Waals surface area (Å²) in [6, 6.07) is 0. The van der Waals surface area contributed by atoms with Crippen LogP contribution in [-0.4, -0.2) is 49.3 Å². The van der Waals surface area contributed by atoms with E-state index < -0.39 is 32.5 Å². The van der Waals surface area contributed by atoms with Crippen LogP contribution in [0.15, 0.2) is 194 Å². The molecule has 0 aliphatic rings. The van der Waals surface area contributed by atoms with Crippen LogP contribution in [0.25, 0.3) is 0 Å². The lowest BCUT2D eigenvalue weighted by molar-refractivity contribution is -0.161. The summed E-state index contributed by atoms with van der Waals surface area (Å²) in [7, 11) is -4.41. The van der Waals surface area contributed by atoms with Crippen LogP contribution in [-0.2, 0) is 32.7 Å². The van der Waals surface area contributed by atoms with Crippen LogP contribution in [0, 0.1) is 0 Å². The molecule has 9 nitrogen and oxygen atoms in total. The maximum atomic E-state index is 12.8. The summed E-state index contributed by atoms with van der Waals surface area (Å²) < 4.78 is 33.1. The van der Waals surface area contributed by atoms with Gasteiger partial charge in [-0.25, -0.2) is 4.57 Å². The highest BCUT2D eigenvalue weighted by atomic mass is 31.2. The second-order valence-electron chi connectivity index (χ2n) is 21.6. The van der Waals surface area contributed by atoms with E-state index in [-0.39, 0.29) is 32.6 Å². The number of ether oxygens (including phenoxy) is 2. The Morgan fingerprint density at radius 1 is 0.345 bits per heavy atom. The number of phosphoric acid groups is 1. The van der Waals surface area contributed by atoms with E-state index in [1.54, 1.807) is 0 Å². The zero-order chi connectivity index (χ0) is 63.0. The van der Waals surface area contributed by atoms with Crippen LogP contribution in [0.1, 0.15) is 245 Å². The van der Waals surface area contributed by atoms with Crippen molar-refractivity contribution in [1.29, 1.82) is 0 Å². The Morgan fingerprint density at radius 2 is 0.598 bits per heavy atom. The predicted octanol–water partition coefficient (Wildman–Crippen LogP) is 22.5. The van der Waals surface area contributed by atoms with Crippen LogP contribution in [0.2, 0.25) is 0 Å². The zero-order valence-corrected chi connectivity index (χ0v) is 55.6. The average molecular weight is 1220 g/mol. The highest BCUT2D eigenvalue weighted by molar-refractivity contribution is 7.47. The number of hydrogen-bond donors (Lipinski definition) is 2. The van der Waals surface area contributed by atoms with Crippen molar-refractivity contribution in [2.24, 2.45) is 5.73 Å². The smallest absolute Gasteiger partial charge is 0.462 e. The third-order valence-electron chi connectivity index (χ3n) is 13.5. The summed E-state index contributed by atoms with van der Waals surface area (Å²) in [5.41, 5.74) is 5.39. The van der Waals surface area contributed by atoms with E-state index in [0.29, 0.717) is 6.42 Å². The SMILES string of the molecule is CC/C=C\C/C=C\C/C=C\C/C=C\C/C=C\C/C=C\C/C=C\C/C=C\C/C=C\C/C=C\C/C=C\CCCCCCCC(=O)OC(COC(=O)CCCCCCCCCCCCC/C=C\C/C=C\C/C=C\C/C=C\C/C=C\CC)COP(=O)(O)OCCN. The molecule has 0 rings (SSSR count). The first-order valence-corrected chi connectivity index (χ1v) is 35.4. The third kappa shape index (κ3) is 69.8. The number of allylic oxidation sites excluding steroid dienone is 32. The van der Waals surface area contributed by atoms with Crippen molar-refractivity contribution in [2.75, 3.05) is 26.4 Å². The first-order valence-electron chi connectivity index (χ1n) is 33.9. The molecule has 488 valence electrons. The van der Waals surface area contributed by atoms with Crippen LogP contribution < -0.4 is 5.73 Å². The fourth-order valence-corrected chi connectivity index (χ4v) is 9.31. The van der Waals surface area contributed by atoms with Crippen LogP contribution in [0.4, 0.5) is 0 Å². The van der Waals surface area contributed by atoms with Gasteiger partial charge in [0.2, 0.25) is 0 Å². The highest BCUT2D eigenvalue weighted by Crippen LogP contribution is 2.43. The molecule has 0 amide bonds. The minimum absolute atomic E-state index is 0.0392. The van der Waals surface area contributed by atoms with Gasteiger partial charge >= 0.3 is 19.8 Å². The standard InChI is InChI=1S/C77H122NO8P/c1-3-5-7-9-11-13-15-17-19-21-23-25-27-29-31-32-33-34-35-36-37-38-39-40-41-42-44-46-48-50-52-54-56-58-60-62-64-66-68-70-77(80)86-75(74-85-87(81,82)84-72-71-78)73-83-76(79)69-67-65-63-61-59-57-55-53-51-49-47-45-43-30-28-26-24-22-20-18-16-14-12-10-8-6-4-2/h5-8,11-14,17-20,23-26,29-31,33-34,36-37,39-40,42-44,48,50,54,56,75H,3-4,9-10,15-16,21-22,27-28,32,35,38,41,45-47,49,51-53,55,57-74,78H2,1-2H3,(H,81,82)/b7-5-,8-6-,13-11-,14-12-,19-17-,20-18-,25-23-,26-24-,31-29-,34-33-,37-36-,40-39-,43-30-,44-42-,50-48-,56-54-. The molecule has 0 saturated carbocycles. The molecule has 2 unspecified atom stereocenters. The monoisotopic (exact) mass is 1220 g/mol. The van der Waals surface area contributed by atoms with Crippen molar-refractivity contribution in [3.8, 4) is 0 Å². The number of phosphoric ester groups is 1. The van der Waals surface area contributed by atoms with Crippen molar-refractivity contribution < 1.29 is 37.6 Å². The van der Waals surface area contributed by atoms with E-state index in [1.807, 2.05) is 0 Å². The van der Waals surface area contributed by atoms with Crippen LogP contribution >= 0.6 is 7.82 Å². The molecule has 0 aromatic carbocycles. The van der Waals surface area contributed by atoms with Gasteiger partial charge in [-0.1, -0.05) is 285 Å². The minimum Gasteiger partial charge on any atom is -0.462 e. The van der Waals surface area contributed by atoms with Crippen molar-refractivity contribution in [3.05, 3.63) is 194 Å². The van der Waals surface area contributed by atoms with Gasteiger partial charge in [0, 0.05) is 19.4 Å². The van der Waals surface area contributed by atoms with E-state index in [2.05, 4.69) is 208 Å². The number of carbonyl (C=O) groups is 2. The summed E-state index contributed by atoms with van der Waals surface area (Å²) in [4.78, 5) is 35.3. The van der Waals surface area contributed by atoms with Crippen molar-refractivity contribution >= 4 is 19.8 Å². The van der Waals surface area contributed by atoms with E-state index in [1.165, 1.54) is 44.9 Å². The van der Waals surface area contributed by atoms with E-state index in [0.717, 1.165) is 167 Å². The molecule has 0 fully saturated rings. The Bertz CT molecular complexity index is 2130. The number of hydrogen-bond acceptors (Lipinski definition) is 8. The number of rotatable bonds is 61. The molecule has 2 atom stereocenters. The van der Waals surface area contributed by atoms with Gasteiger partial charge in [0.25, 0.3) is 0 Å². The largest absolute Gasteiger partial charge is 0.472 e. The highest BCUT2D eigenvalue weighted by Gasteiger charge is 2.26. The molecule has 0 aliphatic carbocycles. The number of unbranched alkanes of at least 4 members (excludes halogenated alkanes) is 16. The predicted molar refractivity (Wildman–Crippen MR) is 375 cm³/mol. The van der Waals surface area contributed by atoms with Crippen LogP contribution in [0.5, 0.6) is 0 Å². The molecule has 0 spiro atoms. The Morgan fingerprint density at radius 3 is 0.885 bits per heavy atom. The summed E-state index contributed by atoms with van der Waals surface area (Å²) in [6.45, 7) is 3.47. The summed E-state index contributed by atoms with van der Waals surface area (Å²) >= 11 is 0. The van der Waals surface area contributed by atoms with Crippen molar-refractivity contribution in [2.45, 2.75) is 251 Å². The van der Waals surface area contributed by atoms with Gasteiger partial charge in [0.05, 0.1) is 13.2 Å². The number of carbonyl (C=O) groups excluding carboxylic acids is 2. The number of nitrogens with two attached hydrogens (primary N) is 1. The van der Waals surface area contributed by atoms with E-state index >= 15 is 0 Å². The van der Waals surface area contributed by atoms with E-state index in [9.17, 15) is 19.0 Å². The number of esters is 2. The molecular weight excluding hydrogens is 1100 g/mol. The lowest BCUT2D eigenvalue weighted by Gasteiger charge is -2.19. The molecule has 10 heteroatoms. The second kappa shape index (κ2) is 69.9. The topological polar surface area (TPSA) is 134 Å². The Kier molecular flexibility index (Phi) is 65.8. The molecule has 0 heterocycles. The molecule has 3 N–H and O–H groups in total. The van der Waals surface area contributed by atoms with Crippen molar-refractivity contribution in [3.63, 3.8) is 0 Å². The maximum absolute atomic E-state index is 12.8. The quantitative estimate of drug-likeness (QED) is 0.0264. The van der Waals surface area contributed by atoms with Crippen molar-refractivity contribution in [1.82, 2.24) is 0 Å². The molecule has 0 aromatic rings. The first-order chi connectivity index (χ1) is 42.8. The van der Waals surface area contributed by atoms with Gasteiger partial charge in [-0.3, -0.25) is 18.6 Å². The Labute approximate surface area is 532 Å². The molecule has 87 heavy (non-hydrogen) atoms. The summed E-state index contributed by atoms with van der Waals surface area (Å²) in [6.07, 6.45) is 106. The van der Waals surface area contributed by atoms with E-state index in [4.69, 9.17) is 24.3 Å². The normalized spacial score (nSPS) is 14.2. The molecule has 0 radical (unpaired) electrons. The Balaban J connectivity index is 4.05. The van der Waals surface area contributed by atoms with Gasteiger partial charge in [0.15, 0.2) is 6.10 Å². The molecule has 0 bridgehead atoms. The van der Waals surface area contributed by atoms with Crippen LogP contribution in [0.3, 0.4) is 0 Å². The summed E-state index contributed by atoms with van der Waals surface area (Å²) in [5, 5.41) is 0. The van der Waals surface area contributed by atoms with Gasteiger partial charge in [-0.15, -0.1) is 0 Å². The molecule has 0 saturated heterocycles. The fraction of sp³-hybridized carbons (Fsp3) is 0.558. The minimum atomic E-state index is -4.41. The molecule has 0 aliphatic heterocycles. The van der Waals surface area contributed by atoms with Gasteiger partial charge in [-0.2, -0.15) is 0 Å². The van der Waals surface area contributed by atoms with Gasteiger partial charge in [-0.05, 0) is 141 Å². The lowest BCUT2D eigenvalue weighted by Crippen LogP contribution is -2.29.